The van der Waals surface area contributed by atoms with Gasteiger partial charge in [-0.2, -0.15) is 0 Å². The lowest BCUT2D eigenvalue weighted by atomic mass is 9.47. The Hall–Kier alpha value is -2.66. The van der Waals surface area contributed by atoms with Crippen LogP contribution in [0, 0.1) is 22.6 Å². The number of rotatable bonds is 5. The molecule has 2 unspecified atom stereocenters. The van der Waals surface area contributed by atoms with E-state index >= 15 is 0 Å². The average Bonchev–Trinajstić information content (AvgIpc) is 2.80. The van der Waals surface area contributed by atoms with Crippen LogP contribution in [0.5, 0.6) is 11.5 Å². The molecule has 2 aromatic rings. The molecule has 0 heterocycles. The average molecular weight is 453 g/mol. The summed E-state index contributed by atoms with van der Waals surface area (Å²) in [6.45, 7) is 4.16. The van der Waals surface area contributed by atoms with E-state index in [1.165, 1.54) is 12.1 Å². The Labute approximate surface area is 195 Å². The standard InChI is InChI=1S/C28H33FO4/c1-27-17-20(12-18-8-10-21(29)11-9-18)26(31)28(2,24(27)6-5-7-25(27)30)16-19-13-22(32-3)15-23(14-19)33-4/h8-15,24-25,30H,5-7,16-17H2,1-4H3/b20-12-/t24?,25-,27-,28?/m0/s1. The Balaban J connectivity index is 1.80. The van der Waals surface area contributed by atoms with Crippen molar-refractivity contribution in [1.29, 1.82) is 0 Å². The molecule has 0 bridgehead atoms. The molecule has 33 heavy (non-hydrogen) atoms. The first kappa shape index (κ1) is 23.5. The summed E-state index contributed by atoms with van der Waals surface area (Å²) in [5.41, 5.74) is 1.34. The summed E-state index contributed by atoms with van der Waals surface area (Å²) in [7, 11) is 3.23. The zero-order chi connectivity index (χ0) is 23.8. The minimum absolute atomic E-state index is 0.0452. The molecule has 0 aliphatic heterocycles. The van der Waals surface area contributed by atoms with E-state index < -0.39 is 16.9 Å². The van der Waals surface area contributed by atoms with Crippen LogP contribution in [0.4, 0.5) is 4.39 Å². The van der Waals surface area contributed by atoms with E-state index in [0.29, 0.717) is 29.9 Å². The van der Waals surface area contributed by atoms with Crippen LogP contribution in [0.2, 0.25) is 0 Å². The predicted molar refractivity (Wildman–Crippen MR) is 127 cm³/mol. The molecule has 4 rings (SSSR count). The summed E-state index contributed by atoms with van der Waals surface area (Å²) >= 11 is 0. The van der Waals surface area contributed by atoms with Crippen molar-refractivity contribution in [2.24, 2.45) is 16.7 Å². The molecule has 2 aliphatic rings. The van der Waals surface area contributed by atoms with E-state index in [2.05, 4.69) is 6.92 Å². The fourth-order valence-electron chi connectivity index (χ4n) is 6.18. The Morgan fingerprint density at radius 2 is 1.70 bits per heavy atom. The van der Waals surface area contributed by atoms with Crippen molar-refractivity contribution in [2.45, 2.75) is 52.1 Å². The van der Waals surface area contributed by atoms with Gasteiger partial charge in [-0.15, -0.1) is 0 Å². The number of ether oxygens (including phenoxy) is 2. The lowest BCUT2D eigenvalue weighted by Crippen LogP contribution is -2.57. The highest BCUT2D eigenvalue weighted by molar-refractivity contribution is 6.04. The summed E-state index contributed by atoms with van der Waals surface area (Å²) in [6.07, 6.45) is 4.99. The number of ketones is 1. The molecule has 2 fully saturated rings. The maximum Gasteiger partial charge on any atom is 0.165 e. The summed E-state index contributed by atoms with van der Waals surface area (Å²) < 4.78 is 24.3. The molecule has 0 spiro atoms. The Morgan fingerprint density at radius 1 is 1.06 bits per heavy atom. The molecular weight excluding hydrogens is 419 g/mol. The van der Waals surface area contributed by atoms with Crippen LogP contribution in [0.1, 0.15) is 50.7 Å². The van der Waals surface area contributed by atoms with Gasteiger partial charge in [-0.25, -0.2) is 4.39 Å². The van der Waals surface area contributed by atoms with E-state index in [1.807, 2.05) is 31.2 Å². The number of carbonyl (C=O) groups is 1. The molecule has 4 nitrogen and oxygen atoms in total. The lowest BCUT2D eigenvalue weighted by Gasteiger charge is -2.56. The van der Waals surface area contributed by atoms with E-state index in [1.54, 1.807) is 26.4 Å². The van der Waals surface area contributed by atoms with Gasteiger partial charge in [0, 0.05) is 16.9 Å². The van der Waals surface area contributed by atoms with Crippen LogP contribution >= 0.6 is 0 Å². The van der Waals surface area contributed by atoms with E-state index in [-0.39, 0.29) is 17.5 Å². The van der Waals surface area contributed by atoms with Gasteiger partial charge in [0.05, 0.1) is 20.3 Å². The van der Waals surface area contributed by atoms with Gasteiger partial charge in [0.25, 0.3) is 0 Å². The van der Waals surface area contributed by atoms with Gasteiger partial charge in [0.15, 0.2) is 5.78 Å². The van der Waals surface area contributed by atoms with Crippen molar-refractivity contribution >= 4 is 11.9 Å². The van der Waals surface area contributed by atoms with Crippen molar-refractivity contribution in [3.63, 3.8) is 0 Å². The summed E-state index contributed by atoms with van der Waals surface area (Å²) in [4.78, 5) is 14.0. The van der Waals surface area contributed by atoms with Gasteiger partial charge in [-0.1, -0.05) is 32.4 Å². The molecule has 176 valence electrons. The van der Waals surface area contributed by atoms with Gasteiger partial charge in [0.1, 0.15) is 17.3 Å². The number of Topliss-reactive ketones (excluding diaryl/α,β-unsaturated/α-hetero) is 1. The first-order valence-corrected chi connectivity index (χ1v) is 11.6. The highest BCUT2D eigenvalue weighted by atomic mass is 19.1. The summed E-state index contributed by atoms with van der Waals surface area (Å²) in [6, 6.07) is 11.9. The smallest absolute Gasteiger partial charge is 0.165 e. The van der Waals surface area contributed by atoms with Gasteiger partial charge in [-0.3, -0.25) is 4.79 Å². The van der Waals surface area contributed by atoms with Crippen molar-refractivity contribution < 1.29 is 23.8 Å². The molecule has 0 aromatic heterocycles. The molecule has 0 amide bonds. The van der Waals surface area contributed by atoms with Gasteiger partial charge in [0.2, 0.25) is 0 Å². The first-order chi connectivity index (χ1) is 15.7. The zero-order valence-corrected chi connectivity index (χ0v) is 19.9. The van der Waals surface area contributed by atoms with Crippen LogP contribution in [-0.4, -0.2) is 31.2 Å². The van der Waals surface area contributed by atoms with Crippen molar-refractivity contribution in [1.82, 2.24) is 0 Å². The third kappa shape index (κ3) is 4.31. The third-order valence-corrected chi connectivity index (χ3v) is 7.87. The number of aliphatic hydroxyl groups excluding tert-OH is 1. The number of carbonyl (C=O) groups excluding carboxylic acids is 1. The maximum atomic E-state index is 14.0. The quantitative estimate of drug-likeness (QED) is 0.599. The maximum absolute atomic E-state index is 14.0. The minimum atomic E-state index is -0.697. The normalized spacial score (nSPS) is 30.7. The fraction of sp³-hybridized carbons (Fsp3) is 0.464. The zero-order valence-electron chi connectivity index (χ0n) is 19.9. The molecule has 0 radical (unpaired) electrons. The first-order valence-electron chi connectivity index (χ1n) is 11.6. The van der Waals surface area contributed by atoms with Crippen LogP contribution in [0.15, 0.2) is 48.0 Å². The molecule has 4 atom stereocenters. The highest BCUT2D eigenvalue weighted by Crippen LogP contribution is 2.59. The van der Waals surface area contributed by atoms with Crippen LogP contribution in [-0.2, 0) is 11.2 Å². The van der Waals surface area contributed by atoms with E-state index in [0.717, 1.165) is 30.4 Å². The van der Waals surface area contributed by atoms with Crippen LogP contribution in [0.25, 0.3) is 6.08 Å². The molecule has 2 aromatic carbocycles. The Morgan fingerprint density at radius 3 is 2.30 bits per heavy atom. The second kappa shape index (κ2) is 8.94. The van der Waals surface area contributed by atoms with Crippen LogP contribution in [0.3, 0.4) is 0 Å². The topological polar surface area (TPSA) is 55.8 Å². The molecule has 5 heteroatoms. The van der Waals surface area contributed by atoms with Gasteiger partial charge < -0.3 is 14.6 Å². The summed E-state index contributed by atoms with van der Waals surface area (Å²) in [5, 5.41) is 11.1. The van der Waals surface area contributed by atoms with E-state index in [9.17, 15) is 14.3 Å². The van der Waals surface area contributed by atoms with E-state index in [4.69, 9.17) is 9.47 Å². The third-order valence-electron chi connectivity index (χ3n) is 7.87. The number of methoxy groups -OCH3 is 2. The van der Waals surface area contributed by atoms with Crippen molar-refractivity contribution in [2.75, 3.05) is 14.2 Å². The number of hydrogen-bond acceptors (Lipinski definition) is 4. The fourth-order valence-corrected chi connectivity index (χ4v) is 6.18. The Kier molecular flexibility index (Phi) is 6.37. The second-order valence-electron chi connectivity index (χ2n) is 10.0. The lowest BCUT2D eigenvalue weighted by molar-refractivity contribution is -0.148. The van der Waals surface area contributed by atoms with Crippen molar-refractivity contribution in [3.8, 4) is 11.5 Å². The molecule has 2 aliphatic carbocycles. The number of hydrogen-bond donors (Lipinski definition) is 1. The number of allylic oxidation sites excluding steroid dienone is 1. The highest BCUT2D eigenvalue weighted by Gasteiger charge is 2.58. The predicted octanol–water partition coefficient (Wildman–Crippen LogP) is 5.62. The molecule has 1 N–H and O–H groups in total. The number of halogens is 1. The summed E-state index contributed by atoms with van der Waals surface area (Å²) in [5.74, 6) is 1.21. The number of aliphatic hydroxyl groups is 1. The molecular formula is C28H33FO4. The van der Waals surface area contributed by atoms with Gasteiger partial charge >= 0.3 is 0 Å². The Bertz CT molecular complexity index is 1040. The number of fused-ring (bicyclic) bond motifs is 1. The van der Waals surface area contributed by atoms with Crippen LogP contribution < -0.4 is 9.47 Å². The molecule has 2 saturated carbocycles. The monoisotopic (exact) mass is 452 g/mol. The minimum Gasteiger partial charge on any atom is -0.497 e. The van der Waals surface area contributed by atoms with Gasteiger partial charge in [-0.05, 0) is 78.6 Å². The molecule has 0 saturated heterocycles. The second-order valence-corrected chi connectivity index (χ2v) is 10.0. The SMILES string of the molecule is COc1cc(CC2(C)C(=O)/C(=C\c3ccc(F)cc3)C[C@@]3(C)C2CCC[C@@H]3O)cc(OC)c1. The largest absolute Gasteiger partial charge is 0.497 e. The number of benzene rings is 2. The van der Waals surface area contributed by atoms with Crippen molar-refractivity contribution in [3.05, 3.63) is 65.0 Å².